The number of likely N-dealkylation sites (N-methyl/N-ethyl adjacent to an activating group) is 1. The Balaban J connectivity index is 2.19. The SMILES string of the molecule is CN1CCC(Nc2cc(Cl)c(F)cc2N)C1=O. The van der Waals surface area contributed by atoms with Gasteiger partial charge in [0.05, 0.1) is 16.4 Å². The van der Waals surface area contributed by atoms with Crippen molar-refractivity contribution in [2.45, 2.75) is 12.5 Å². The molecule has 1 atom stereocenters. The van der Waals surface area contributed by atoms with E-state index in [1.54, 1.807) is 11.9 Å². The fourth-order valence-electron chi connectivity index (χ4n) is 1.83. The molecule has 0 aromatic heterocycles. The molecule has 1 unspecified atom stereocenters. The summed E-state index contributed by atoms with van der Waals surface area (Å²) < 4.78 is 13.1. The average Bonchev–Trinajstić information content (AvgIpc) is 2.58. The van der Waals surface area contributed by atoms with Gasteiger partial charge in [-0.3, -0.25) is 4.79 Å². The van der Waals surface area contributed by atoms with Crippen LogP contribution in [0.3, 0.4) is 0 Å². The number of rotatable bonds is 2. The van der Waals surface area contributed by atoms with Gasteiger partial charge in [-0.05, 0) is 12.5 Å². The number of carbonyl (C=O) groups is 1. The summed E-state index contributed by atoms with van der Waals surface area (Å²) in [5.41, 5.74) is 6.40. The van der Waals surface area contributed by atoms with Crippen LogP contribution in [-0.2, 0) is 4.79 Å². The molecule has 92 valence electrons. The van der Waals surface area contributed by atoms with E-state index in [0.29, 0.717) is 18.7 Å². The summed E-state index contributed by atoms with van der Waals surface area (Å²) in [7, 11) is 1.74. The van der Waals surface area contributed by atoms with Crippen LogP contribution >= 0.6 is 11.6 Å². The van der Waals surface area contributed by atoms with Crippen LogP contribution in [0.15, 0.2) is 12.1 Å². The van der Waals surface area contributed by atoms with Gasteiger partial charge in [0.1, 0.15) is 11.9 Å². The predicted molar refractivity (Wildman–Crippen MR) is 65.5 cm³/mol. The molecule has 0 spiro atoms. The summed E-state index contributed by atoms with van der Waals surface area (Å²) >= 11 is 5.67. The van der Waals surface area contributed by atoms with Crippen molar-refractivity contribution >= 4 is 28.9 Å². The van der Waals surface area contributed by atoms with E-state index in [2.05, 4.69) is 5.32 Å². The molecule has 4 nitrogen and oxygen atoms in total. The van der Waals surface area contributed by atoms with Crippen LogP contribution in [0.1, 0.15) is 6.42 Å². The number of hydrogen-bond acceptors (Lipinski definition) is 3. The lowest BCUT2D eigenvalue weighted by Gasteiger charge is -2.15. The van der Waals surface area contributed by atoms with Crippen molar-refractivity contribution < 1.29 is 9.18 Å². The zero-order valence-electron chi connectivity index (χ0n) is 9.34. The van der Waals surface area contributed by atoms with Gasteiger partial charge in [-0.15, -0.1) is 0 Å². The lowest BCUT2D eigenvalue weighted by Crippen LogP contribution is -2.31. The number of halogens is 2. The zero-order chi connectivity index (χ0) is 12.6. The molecule has 1 aliphatic rings. The van der Waals surface area contributed by atoms with Crippen molar-refractivity contribution in [2.24, 2.45) is 0 Å². The third-order valence-electron chi connectivity index (χ3n) is 2.85. The second-order valence-electron chi connectivity index (χ2n) is 4.10. The van der Waals surface area contributed by atoms with Crippen molar-refractivity contribution in [1.29, 1.82) is 0 Å². The highest BCUT2D eigenvalue weighted by molar-refractivity contribution is 6.31. The Kier molecular flexibility index (Phi) is 3.11. The van der Waals surface area contributed by atoms with E-state index in [0.717, 1.165) is 6.07 Å². The molecule has 1 aromatic carbocycles. The van der Waals surface area contributed by atoms with Gasteiger partial charge in [-0.2, -0.15) is 0 Å². The summed E-state index contributed by atoms with van der Waals surface area (Å²) in [6.45, 7) is 0.700. The fraction of sp³-hybridized carbons (Fsp3) is 0.364. The van der Waals surface area contributed by atoms with Gasteiger partial charge in [0.15, 0.2) is 0 Å². The molecule has 1 saturated heterocycles. The Morgan fingerprint density at radius 2 is 2.29 bits per heavy atom. The lowest BCUT2D eigenvalue weighted by atomic mass is 10.2. The third-order valence-corrected chi connectivity index (χ3v) is 3.14. The molecular weight excluding hydrogens is 245 g/mol. The summed E-state index contributed by atoms with van der Waals surface area (Å²) in [5.74, 6) is -0.561. The van der Waals surface area contributed by atoms with Gasteiger partial charge in [0.2, 0.25) is 5.91 Å². The first-order valence-electron chi connectivity index (χ1n) is 5.25. The Morgan fingerprint density at radius 3 is 2.88 bits per heavy atom. The second-order valence-corrected chi connectivity index (χ2v) is 4.51. The van der Waals surface area contributed by atoms with E-state index in [1.165, 1.54) is 6.07 Å². The third kappa shape index (κ3) is 2.29. The van der Waals surface area contributed by atoms with Crippen LogP contribution in [0.2, 0.25) is 5.02 Å². The van der Waals surface area contributed by atoms with Crippen LogP contribution in [0.25, 0.3) is 0 Å². The molecule has 1 aromatic rings. The molecule has 0 aliphatic carbocycles. The fourth-order valence-corrected chi connectivity index (χ4v) is 1.99. The van der Waals surface area contributed by atoms with Crippen LogP contribution in [-0.4, -0.2) is 30.4 Å². The molecule has 0 radical (unpaired) electrons. The van der Waals surface area contributed by atoms with Gasteiger partial charge in [0, 0.05) is 19.7 Å². The highest BCUT2D eigenvalue weighted by Crippen LogP contribution is 2.28. The van der Waals surface area contributed by atoms with E-state index in [1.807, 2.05) is 0 Å². The molecule has 0 saturated carbocycles. The molecule has 1 amide bonds. The number of likely N-dealkylation sites (tertiary alicyclic amines) is 1. The normalized spacial score (nSPS) is 19.8. The van der Waals surface area contributed by atoms with Gasteiger partial charge >= 0.3 is 0 Å². The Labute approximate surface area is 104 Å². The molecular formula is C11H13ClFN3O. The first-order chi connectivity index (χ1) is 7.99. The maximum atomic E-state index is 13.1. The van der Waals surface area contributed by atoms with Crippen LogP contribution < -0.4 is 11.1 Å². The number of nitrogens with zero attached hydrogens (tertiary/aromatic N) is 1. The van der Waals surface area contributed by atoms with E-state index in [4.69, 9.17) is 17.3 Å². The van der Waals surface area contributed by atoms with Crippen molar-refractivity contribution in [1.82, 2.24) is 4.90 Å². The van der Waals surface area contributed by atoms with Gasteiger partial charge < -0.3 is 16.0 Å². The quantitative estimate of drug-likeness (QED) is 0.793. The topological polar surface area (TPSA) is 58.4 Å². The molecule has 6 heteroatoms. The van der Waals surface area contributed by atoms with E-state index >= 15 is 0 Å². The van der Waals surface area contributed by atoms with E-state index in [-0.39, 0.29) is 22.7 Å². The summed E-state index contributed by atoms with van der Waals surface area (Å²) in [6, 6.07) is 2.23. The van der Waals surface area contributed by atoms with Crippen LogP contribution in [0.4, 0.5) is 15.8 Å². The van der Waals surface area contributed by atoms with Gasteiger partial charge in [-0.25, -0.2) is 4.39 Å². The summed E-state index contributed by atoms with van der Waals surface area (Å²) in [4.78, 5) is 13.3. The molecule has 1 aliphatic heterocycles. The lowest BCUT2D eigenvalue weighted by molar-refractivity contribution is -0.127. The molecule has 1 heterocycles. The van der Waals surface area contributed by atoms with Gasteiger partial charge in [0.25, 0.3) is 0 Å². The maximum absolute atomic E-state index is 13.1. The highest BCUT2D eigenvalue weighted by atomic mass is 35.5. The van der Waals surface area contributed by atoms with Crippen molar-refractivity contribution in [3.8, 4) is 0 Å². The predicted octanol–water partition coefficient (Wildman–Crippen LogP) is 1.70. The second kappa shape index (κ2) is 4.41. The Hall–Kier alpha value is -1.49. The molecule has 2 rings (SSSR count). The monoisotopic (exact) mass is 257 g/mol. The first-order valence-corrected chi connectivity index (χ1v) is 5.63. The standard InChI is InChI=1S/C11H13ClFN3O/c1-16-3-2-9(11(16)17)15-10-4-6(12)7(13)5-8(10)14/h4-5,9,15H,2-3,14H2,1H3. The Morgan fingerprint density at radius 1 is 1.59 bits per heavy atom. The molecule has 17 heavy (non-hydrogen) atoms. The highest BCUT2D eigenvalue weighted by Gasteiger charge is 2.29. The zero-order valence-corrected chi connectivity index (χ0v) is 10.1. The van der Waals surface area contributed by atoms with Crippen molar-refractivity contribution in [2.75, 3.05) is 24.6 Å². The van der Waals surface area contributed by atoms with Crippen molar-refractivity contribution in [3.63, 3.8) is 0 Å². The number of carbonyl (C=O) groups excluding carboxylic acids is 1. The summed E-state index contributed by atoms with van der Waals surface area (Å²) in [6.07, 6.45) is 0.698. The number of amides is 1. The number of nitrogens with two attached hydrogens (primary N) is 1. The number of benzene rings is 1. The smallest absolute Gasteiger partial charge is 0.244 e. The Bertz CT molecular complexity index is 466. The number of hydrogen-bond donors (Lipinski definition) is 2. The van der Waals surface area contributed by atoms with E-state index in [9.17, 15) is 9.18 Å². The minimum Gasteiger partial charge on any atom is -0.397 e. The molecule has 3 N–H and O–H groups in total. The minimum absolute atomic E-state index is 0.00449. The largest absolute Gasteiger partial charge is 0.397 e. The maximum Gasteiger partial charge on any atom is 0.244 e. The first kappa shape index (κ1) is 12.0. The summed E-state index contributed by atoms with van der Waals surface area (Å²) in [5, 5.41) is 2.98. The average molecular weight is 258 g/mol. The molecule has 1 fully saturated rings. The van der Waals surface area contributed by atoms with Crippen LogP contribution in [0.5, 0.6) is 0 Å². The number of nitrogen functional groups attached to an aromatic ring is 1. The van der Waals surface area contributed by atoms with Crippen molar-refractivity contribution in [3.05, 3.63) is 23.0 Å². The molecule has 0 bridgehead atoms. The van der Waals surface area contributed by atoms with Gasteiger partial charge in [-0.1, -0.05) is 11.6 Å². The number of anilines is 2. The minimum atomic E-state index is -0.565. The van der Waals surface area contributed by atoms with E-state index < -0.39 is 5.82 Å². The van der Waals surface area contributed by atoms with Crippen LogP contribution in [0, 0.1) is 5.82 Å². The number of nitrogens with one attached hydrogen (secondary N) is 1.